The maximum Gasteiger partial charge on any atom is 0.223 e. The van der Waals surface area contributed by atoms with E-state index in [2.05, 4.69) is 17.1 Å². The first kappa shape index (κ1) is 17.5. The Balaban J connectivity index is 1.30. The average Bonchev–Trinajstić information content (AvgIpc) is 3.30. The van der Waals surface area contributed by atoms with Gasteiger partial charge in [0.2, 0.25) is 5.91 Å². The van der Waals surface area contributed by atoms with Crippen LogP contribution >= 0.6 is 0 Å². The number of allylic oxidation sites excluding steroid dienone is 2. The highest BCUT2D eigenvalue weighted by atomic mass is 16.5. The van der Waals surface area contributed by atoms with E-state index in [1.165, 1.54) is 0 Å². The molecule has 0 unspecified atom stereocenters. The Labute approximate surface area is 150 Å². The molecule has 1 saturated carbocycles. The minimum Gasteiger partial charge on any atom is -0.381 e. The standard InChI is InChI=1S/C20H31NO4/c22-19(13-15-3-1-2-4-15)21-9-12-24-20-17(21)5-6-18(20)25-14-16-7-10-23-11-8-16/h1,3,15-18,20H,2,4-14H2/t15-,17+,18-,20-/m1/s1. The first-order valence-corrected chi connectivity index (χ1v) is 10.1. The van der Waals surface area contributed by atoms with Gasteiger partial charge in [-0.15, -0.1) is 0 Å². The highest BCUT2D eigenvalue weighted by molar-refractivity contribution is 5.77. The lowest BCUT2D eigenvalue weighted by molar-refractivity contribution is -0.153. The zero-order valence-corrected chi connectivity index (χ0v) is 15.1. The number of carbonyl (C=O) groups excluding carboxylic acids is 1. The molecule has 2 saturated heterocycles. The second-order valence-corrected chi connectivity index (χ2v) is 7.96. The maximum absolute atomic E-state index is 12.8. The van der Waals surface area contributed by atoms with Crippen molar-refractivity contribution < 1.29 is 19.0 Å². The third-order valence-corrected chi connectivity index (χ3v) is 6.29. The molecule has 140 valence electrons. The molecule has 4 rings (SSSR count). The van der Waals surface area contributed by atoms with E-state index in [4.69, 9.17) is 14.2 Å². The Bertz CT molecular complexity index is 488. The Morgan fingerprint density at radius 2 is 2.00 bits per heavy atom. The van der Waals surface area contributed by atoms with E-state index >= 15 is 0 Å². The molecule has 4 atom stereocenters. The fraction of sp³-hybridized carbons (Fsp3) is 0.850. The van der Waals surface area contributed by atoms with Gasteiger partial charge in [-0.25, -0.2) is 0 Å². The first-order chi connectivity index (χ1) is 12.3. The second-order valence-electron chi connectivity index (χ2n) is 7.96. The van der Waals surface area contributed by atoms with Crippen molar-refractivity contribution in [1.82, 2.24) is 4.90 Å². The fourth-order valence-electron chi connectivity index (χ4n) is 4.78. The summed E-state index contributed by atoms with van der Waals surface area (Å²) in [5, 5.41) is 0. The molecule has 0 N–H and O–H groups in total. The number of ether oxygens (including phenoxy) is 3. The lowest BCUT2D eigenvalue weighted by Crippen LogP contribution is -2.54. The van der Waals surface area contributed by atoms with Crippen molar-refractivity contribution in [2.75, 3.05) is 33.0 Å². The van der Waals surface area contributed by atoms with E-state index in [1.54, 1.807) is 0 Å². The largest absolute Gasteiger partial charge is 0.381 e. The van der Waals surface area contributed by atoms with Gasteiger partial charge in [-0.1, -0.05) is 12.2 Å². The minimum absolute atomic E-state index is 0.0664. The highest BCUT2D eigenvalue weighted by Crippen LogP contribution is 2.34. The van der Waals surface area contributed by atoms with Crippen molar-refractivity contribution >= 4 is 5.91 Å². The van der Waals surface area contributed by atoms with Crippen LogP contribution in [0.3, 0.4) is 0 Å². The van der Waals surface area contributed by atoms with E-state index in [0.29, 0.717) is 30.8 Å². The van der Waals surface area contributed by atoms with Gasteiger partial charge >= 0.3 is 0 Å². The summed E-state index contributed by atoms with van der Waals surface area (Å²) in [7, 11) is 0. The van der Waals surface area contributed by atoms with Crippen LogP contribution in [0.2, 0.25) is 0 Å². The highest BCUT2D eigenvalue weighted by Gasteiger charge is 2.45. The van der Waals surface area contributed by atoms with Gasteiger partial charge in [0.15, 0.2) is 0 Å². The zero-order valence-electron chi connectivity index (χ0n) is 15.1. The number of nitrogens with zero attached hydrogens (tertiary/aromatic N) is 1. The SMILES string of the molecule is O=C(C[C@@H]1C=CCC1)N1CCO[C@H]2[C@H](OCC3CCOCC3)CC[C@@H]21. The number of morpholine rings is 1. The summed E-state index contributed by atoms with van der Waals surface area (Å²) < 4.78 is 17.7. The summed E-state index contributed by atoms with van der Waals surface area (Å²) in [5.74, 6) is 1.36. The second kappa shape index (κ2) is 8.19. The van der Waals surface area contributed by atoms with E-state index in [9.17, 15) is 4.79 Å². The van der Waals surface area contributed by atoms with E-state index in [-0.39, 0.29) is 18.2 Å². The number of hydrogen-bond donors (Lipinski definition) is 0. The Morgan fingerprint density at radius 3 is 2.80 bits per heavy atom. The number of carbonyl (C=O) groups is 1. The first-order valence-electron chi connectivity index (χ1n) is 10.1. The van der Waals surface area contributed by atoms with Gasteiger partial charge in [0.05, 0.1) is 25.4 Å². The third kappa shape index (κ3) is 4.09. The Hall–Kier alpha value is -0.910. The molecular formula is C20H31NO4. The molecular weight excluding hydrogens is 318 g/mol. The van der Waals surface area contributed by atoms with Crippen LogP contribution in [0.5, 0.6) is 0 Å². The van der Waals surface area contributed by atoms with Crippen LogP contribution < -0.4 is 0 Å². The third-order valence-electron chi connectivity index (χ3n) is 6.29. The van der Waals surface area contributed by atoms with Crippen LogP contribution in [-0.2, 0) is 19.0 Å². The van der Waals surface area contributed by atoms with Crippen LogP contribution in [0.1, 0.15) is 44.9 Å². The minimum atomic E-state index is 0.0664. The molecule has 1 amide bonds. The maximum atomic E-state index is 12.8. The summed E-state index contributed by atoms with van der Waals surface area (Å²) >= 11 is 0. The van der Waals surface area contributed by atoms with E-state index in [0.717, 1.165) is 64.9 Å². The van der Waals surface area contributed by atoms with Crippen molar-refractivity contribution in [3.05, 3.63) is 12.2 Å². The molecule has 0 spiro atoms. The van der Waals surface area contributed by atoms with Crippen molar-refractivity contribution in [2.24, 2.45) is 11.8 Å². The molecule has 0 aromatic heterocycles. The summed E-state index contributed by atoms with van der Waals surface area (Å²) in [6.45, 7) is 3.91. The zero-order chi connectivity index (χ0) is 17.1. The molecule has 2 aliphatic heterocycles. The summed E-state index contributed by atoms with van der Waals surface area (Å²) in [5.41, 5.74) is 0. The van der Waals surface area contributed by atoms with Crippen LogP contribution in [-0.4, -0.2) is 62.0 Å². The quantitative estimate of drug-likeness (QED) is 0.716. The normalized spacial score (nSPS) is 35.9. The van der Waals surface area contributed by atoms with Gasteiger partial charge < -0.3 is 19.1 Å². The van der Waals surface area contributed by atoms with Crippen LogP contribution in [0.15, 0.2) is 12.2 Å². The van der Waals surface area contributed by atoms with Gasteiger partial charge in [-0.2, -0.15) is 0 Å². The molecule has 0 bridgehead atoms. The number of amides is 1. The molecule has 4 aliphatic rings. The van der Waals surface area contributed by atoms with Gasteiger partial charge in [-0.05, 0) is 50.4 Å². The predicted octanol–water partition coefficient (Wildman–Crippen LogP) is 2.54. The van der Waals surface area contributed by atoms with Gasteiger partial charge in [-0.3, -0.25) is 4.79 Å². The van der Waals surface area contributed by atoms with Gasteiger partial charge in [0, 0.05) is 26.2 Å². The van der Waals surface area contributed by atoms with Crippen molar-refractivity contribution in [3.8, 4) is 0 Å². The van der Waals surface area contributed by atoms with Crippen LogP contribution in [0, 0.1) is 11.8 Å². The topological polar surface area (TPSA) is 48.0 Å². The van der Waals surface area contributed by atoms with Gasteiger partial charge in [0.1, 0.15) is 6.10 Å². The smallest absolute Gasteiger partial charge is 0.223 e. The number of hydrogen-bond acceptors (Lipinski definition) is 4. The summed E-state index contributed by atoms with van der Waals surface area (Å²) in [4.78, 5) is 14.9. The fourth-order valence-corrected chi connectivity index (χ4v) is 4.78. The monoisotopic (exact) mass is 349 g/mol. The average molecular weight is 349 g/mol. The van der Waals surface area contributed by atoms with E-state index < -0.39 is 0 Å². The summed E-state index contributed by atoms with van der Waals surface area (Å²) in [6.07, 6.45) is 11.7. The molecule has 2 heterocycles. The van der Waals surface area contributed by atoms with Crippen molar-refractivity contribution in [2.45, 2.75) is 63.2 Å². The van der Waals surface area contributed by atoms with Gasteiger partial charge in [0.25, 0.3) is 0 Å². The molecule has 3 fully saturated rings. The molecule has 0 aromatic rings. The van der Waals surface area contributed by atoms with Crippen LogP contribution in [0.25, 0.3) is 0 Å². The Morgan fingerprint density at radius 1 is 1.12 bits per heavy atom. The van der Waals surface area contributed by atoms with E-state index in [1.807, 2.05) is 0 Å². The molecule has 0 aromatic carbocycles. The number of rotatable bonds is 5. The van der Waals surface area contributed by atoms with Crippen molar-refractivity contribution in [3.63, 3.8) is 0 Å². The molecule has 5 nitrogen and oxygen atoms in total. The lowest BCUT2D eigenvalue weighted by atomic mass is 10.0. The summed E-state index contributed by atoms with van der Waals surface area (Å²) in [6, 6.07) is 0.214. The Kier molecular flexibility index (Phi) is 5.73. The molecule has 0 radical (unpaired) electrons. The molecule has 2 aliphatic carbocycles. The molecule has 25 heavy (non-hydrogen) atoms. The number of fused-ring (bicyclic) bond motifs is 1. The lowest BCUT2D eigenvalue weighted by Gasteiger charge is -2.39. The van der Waals surface area contributed by atoms with Crippen LogP contribution in [0.4, 0.5) is 0 Å². The van der Waals surface area contributed by atoms with Crippen molar-refractivity contribution in [1.29, 1.82) is 0 Å². The predicted molar refractivity (Wildman–Crippen MR) is 94.2 cm³/mol. The molecule has 5 heteroatoms.